The summed E-state index contributed by atoms with van der Waals surface area (Å²) in [7, 11) is 8.21. The van der Waals surface area contributed by atoms with Crippen LogP contribution in [0.5, 0.6) is 23.0 Å². The Morgan fingerprint density at radius 2 is 1.67 bits per heavy atom. The zero-order valence-electron chi connectivity index (χ0n) is 16.3. The van der Waals surface area contributed by atoms with Crippen LogP contribution in [0.15, 0.2) is 29.1 Å². The molecule has 6 heteroatoms. The van der Waals surface area contributed by atoms with Crippen LogP contribution < -0.4 is 29.7 Å². The highest BCUT2D eigenvalue weighted by molar-refractivity contribution is 5.82. The average Bonchev–Trinajstić information content (AvgIpc) is 2.94. The van der Waals surface area contributed by atoms with Crippen LogP contribution in [0, 0.1) is 0 Å². The fourth-order valence-electron chi connectivity index (χ4n) is 3.77. The third-order valence-electron chi connectivity index (χ3n) is 5.07. The van der Waals surface area contributed by atoms with Gasteiger partial charge in [-0.1, -0.05) is 6.07 Å². The van der Waals surface area contributed by atoms with Crippen molar-refractivity contribution in [1.29, 1.82) is 0 Å². The molecule has 0 aromatic heterocycles. The van der Waals surface area contributed by atoms with Gasteiger partial charge >= 0.3 is 0 Å². The second-order valence-corrected chi connectivity index (χ2v) is 6.34. The van der Waals surface area contributed by atoms with E-state index in [2.05, 4.69) is 5.32 Å². The lowest BCUT2D eigenvalue weighted by Crippen LogP contribution is -2.17. The lowest BCUT2D eigenvalue weighted by molar-refractivity contribution is 0.324. The molecule has 0 amide bonds. The molecule has 0 fully saturated rings. The molecular weight excluding hydrogens is 348 g/mol. The van der Waals surface area contributed by atoms with Crippen LogP contribution in [0.25, 0.3) is 11.1 Å². The van der Waals surface area contributed by atoms with Gasteiger partial charge < -0.3 is 24.3 Å². The van der Waals surface area contributed by atoms with Gasteiger partial charge in [-0.3, -0.25) is 4.79 Å². The van der Waals surface area contributed by atoms with Crippen LogP contribution in [0.4, 0.5) is 0 Å². The molecule has 1 aliphatic rings. The topological polar surface area (TPSA) is 66.0 Å². The van der Waals surface area contributed by atoms with E-state index in [1.165, 1.54) is 7.11 Å². The lowest BCUT2D eigenvalue weighted by Gasteiger charge is -2.19. The van der Waals surface area contributed by atoms with Gasteiger partial charge in [-0.25, -0.2) is 0 Å². The third kappa shape index (κ3) is 3.21. The highest BCUT2D eigenvalue weighted by Crippen LogP contribution is 2.50. The van der Waals surface area contributed by atoms with Gasteiger partial charge in [0.15, 0.2) is 17.2 Å². The summed E-state index contributed by atoms with van der Waals surface area (Å²) >= 11 is 0. The predicted molar refractivity (Wildman–Crippen MR) is 104 cm³/mol. The van der Waals surface area contributed by atoms with Crippen molar-refractivity contribution in [2.24, 2.45) is 0 Å². The number of hydrogen-bond donors (Lipinski definition) is 1. The Labute approximate surface area is 159 Å². The Bertz CT molecular complexity index is 910. The molecule has 0 bridgehead atoms. The minimum atomic E-state index is -0.151. The molecule has 6 nitrogen and oxygen atoms in total. The molecule has 0 unspecified atom stereocenters. The monoisotopic (exact) mass is 373 g/mol. The van der Waals surface area contributed by atoms with E-state index in [1.54, 1.807) is 33.5 Å². The largest absolute Gasteiger partial charge is 0.493 e. The second kappa shape index (κ2) is 7.88. The van der Waals surface area contributed by atoms with Gasteiger partial charge in [-0.05, 0) is 54.8 Å². The molecule has 0 spiro atoms. The van der Waals surface area contributed by atoms with E-state index in [0.29, 0.717) is 23.0 Å². The van der Waals surface area contributed by atoms with Crippen molar-refractivity contribution in [3.63, 3.8) is 0 Å². The van der Waals surface area contributed by atoms with Gasteiger partial charge in [0.25, 0.3) is 0 Å². The van der Waals surface area contributed by atoms with E-state index in [0.717, 1.165) is 35.1 Å². The van der Waals surface area contributed by atoms with Crippen molar-refractivity contribution < 1.29 is 18.9 Å². The Morgan fingerprint density at radius 1 is 0.963 bits per heavy atom. The minimum Gasteiger partial charge on any atom is -0.493 e. The molecule has 0 aliphatic heterocycles. The summed E-state index contributed by atoms with van der Waals surface area (Å²) in [5.41, 5.74) is 3.68. The van der Waals surface area contributed by atoms with Crippen LogP contribution in [0.1, 0.15) is 23.6 Å². The number of nitrogens with one attached hydrogen (secondary N) is 1. The molecule has 144 valence electrons. The van der Waals surface area contributed by atoms with Gasteiger partial charge in [0.1, 0.15) is 0 Å². The van der Waals surface area contributed by atoms with Crippen molar-refractivity contribution in [3.8, 4) is 34.1 Å². The number of rotatable bonds is 5. The summed E-state index contributed by atoms with van der Waals surface area (Å²) < 4.78 is 22.1. The molecule has 27 heavy (non-hydrogen) atoms. The second-order valence-electron chi connectivity index (χ2n) is 6.34. The van der Waals surface area contributed by atoms with E-state index in [4.69, 9.17) is 18.9 Å². The summed E-state index contributed by atoms with van der Waals surface area (Å²) in [5, 5.41) is 3.33. The van der Waals surface area contributed by atoms with Gasteiger partial charge in [0, 0.05) is 11.6 Å². The summed E-state index contributed by atoms with van der Waals surface area (Å²) in [6.07, 6.45) is 1.64. The lowest BCUT2D eigenvalue weighted by atomic mass is 9.95. The summed E-state index contributed by atoms with van der Waals surface area (Å²) in [4.78, 5) is 12.6. The summed E-state index contributed by atoms with van der Waals surface area (Å²) in [6.45, 7) is 0. The Morgan fingerprint density at radius 3 is 2.26 bits per heavy atom. The molecule has 0 saturated heterocycles. The molecule has 1 N–H and O–H groups in total. The number of fused-ring (bicyclic) bond motifs is 3. The van der Waals surface area contributed by atoms with E-state index < -0.39 is 0 Å². The molecule has 0 saturated carbocycles. The molecule has 2 aromatic carbocycles. The number of hydrogen-bond acceptors (Lipinski definition) is 6. The Kier molecular flexibility index (Phi) is 5.56. The molecule has 2 aromatic rings. The fourth-order valence-corrected chi connectivity index (χ4v) is 3.77. The highest BCUT2D eigenvalue weighted by Gasteiger charge is 2.28. The fraction of sp³-hybridized carbons (Fsp3) is 0.381. The van der Waals surface area contributed by atoms with Gasteiger partial charge in [-0.2, -0.15) is 0 Å². The van der Waals surface area contributed by atoms with E-state index in [9.17, 15) is 4.79 Å². The minimum absolute atomic E-state index is 0.0268. The Balaban J connectivity index is 2.43. The first kappa shape index (κ1) is 19.0. The predicted octanol–water partition coefficient (Wildman–Crippen LogP) is 2.95. The first-order valence-corrected chi connectivity index (χ1v) is 8.81. The molecule has 1 atom stereocenters. The molecule has 0 radical (unpaired) electrons. The van der Waals surface area contributed by atoms with Crippen molar-refractivity contribution in [3.05, 3.63) is 45.6 Å². The maximum absolute atomic E-state index is 12.6. The van der Waals surface area contributed by atoms with Crippen LogP contribution in [-0.2, 0) is 6.42 Å². The SMILES string of the molecule is COc1cc2c(c(OC)c1OC)-c1ccc(OC)c(=O)cc1[C@@H](N[14CH3])CC2. The van der Waals surface area contributed by atoms with Crippen molar-refractivity contribution in [2.75, 3.05) is 35.5 Å². The standard InChI is InChI=1S/C21H25NO5/c1-22-15-8-6-12-10-18(25-3)20(26-4)21(27-5)19(12)13-7-9-17(24-2)16(23)11-14(13)15/h7,9-11,15,22H,6,8H2,1-5H3/t15-/m0/s1/i1+2. The molecular formula is C21H25NO5. The van der Waals surface area contributed by atoms with Gasteiger partial charge in [0.05, 0.1) is 28.4 Å². The van der Waals surface area contributed by atoms with Gasteiger partial charge in [-0.15, -0.1) is 0 Å². The van der Waals surface area contributed by atoms with Crippen LogP contribution >= 0.6 is 0 Å². The number of ether oxygens (including phenoxy) is 4. The first-order chi connectivity index (χ1) is 13.1. The van der Waals surface area contributed by atoms with E-state index in [-0.39, 0.29) is 11.5 Å². The molecule has 0 heterocycles. The highest BCUT2D eigenvalue weighted by atomic mass is 16.5. The zero-order chi connectivity index (χ0) is 19.6. The van der Waals surface area contributed by atoms with Crippen LogP contribution in [0.3, 0.4) is 0 Å². The summed E-state index contributed by atoms with van der Waals surface area (Å²) in [6, 6.07) is 7.29. The third-order valence-corrected chi connectivity index (χ3v) is 5.07. The molecule has 3 rings (SSSR count). The van der Waals surface area contributed by atoms with Crippen molar-refractivity contribution in [1.82, 2.24) is 5.32 Å². The maximum Gasteiger partial charge on any atom is 0.220 e. The van der Waals surface area contributed by atoms with Crippen LogP contribution in [0.2, 0.25) is 0 Å². The van der Waals surface area contributed by atoms with Gasteiger partial charge in [0.2, 0.25) is 11.2 Å². The Hall–Kier alpha value is -2.73. The van der Waals surface area contributed by atoms with Crippen LogP contribution in [-0.4, -0.2) is 35.5 Å². The zero-order valence-corrected chi connectivity index (χ0v) is 16.3. The quantitative estimate of drug-likeness (QED) is 0.869. The summed E-state index contributed by atoms with van der Waals surface area (Å²) in [5.74, 6) is 2.06. The first-order valence-electron chi connectivity index (χ1n) is 8.81. The maximum atomic E-state index is 12.6. The number of methoxy groups -OCH3 is 4. The smallest absolute Gasteiger partial charge is 0.220 e. The average molecular weight is 373 g/mol. The number of benzene rings is 1. The van der Waals surface area contributed by atoms with E-state index in [1.807, 2.05) is 19.2 Å². The number of aryl methyl sites for hydroxylation is 1. The van der Waals surface area contributed by atoms with Crippen molar-refractivity contribution in [2.45, 2.75) is 18.9 Å². The van der Waals surface area contributed by atoms with Crippen molar-refractivity contribution >= 4 is 0 Å². The van der Waals surface area contributed by atoms with E-state index >= 15 is 0 Å². The molecule has 1 aliphatic carbocycles. The normalized spacial score (nSPS) is 15.2.